The topological polar surface area (TPSA) is 143 Å². The van der Waals surface area contributed by atoms with Gasteiger partial charge in [0.15, 0.2) is 16.4 Å². The summed E-state index contributed by atoms with van der Waals surface area (Å²) in [5, 5.41) is 15.6. The number of anilines is 3. The second kappa shape index (κ2) is 16.1. The van der Waals surface area contributed by atoms with Crippen LogP contribution in [0.15, 0.2) is 59.5 Å². The summed E-state index contributed by atoms with van der Waals surface area (Å²) in [7, 11) is 0. The molecule has 4 N–H and O–H groups in total. The van der Waals surface area contributed by atoms with Crippen LogP contribution in [-0.4, -0.2) is 66.5 Å². The molecule has 13 nitrogen and oxygen atoms in total. The largest absolute Gasteiger partial charge is 0.383 e. The minimum Gasteiger partial charge on any atom is -0.383 e. The number of hydrogen-bond acceptors (Lipinski definition) is 8. The highest BCUT2D eigenvalue weighted by Gasteiger charge is 2.50. The Kier molecular flexibility index (Phi) is 11.2. The van der Waals surface area contributed by atoms with Crippen molar-refractivity contribution in [2.75, 3.05) is 35.2 Å². The van der Waals surface area contributed by atoms with E-state index in [9.17, 15) is 9.59 Å². The molecule has 56 heavy (non-hydrogen) atoms. The van der Waals surface area contributed by atoms with Crippen LogP contribution in [0, 0.1) is 19.3 Å². The van der Waals surface area contributed by atoms with Gasteiger partial charge < -0.3 is 21.3 Å². The van der Waals surface area contributed by atoms with Crippen molar-refractivity contribution in [2.24, 2.45) is 0 Å². The number of nitrogens with zero attached hydrogens (tertiary/aromatic N) is 8. The van der Waals surface area contributed by atoms with Gasteiger partial charge in [0.05, 0.1) is 34.7 Å². The van der Waals surface area contributed by atoms with Crippen LogP contribution >= 0.6 is 28.1 Å². The Morgan fingerprint density at radius 2 is 1.93 bits per heavy atom. The Hall–Kier alpha value is -5.24. The van der Waals surface area contributed by atoms with Crippen LogP contribution in [0.25, 0.3) is 21.6 Å². The van der Waals surface area contributed by atoms with E-state index in [2.05, 4.69) is 41.6 Å². The van der Waals surface area contributed by atoms with E-state index in [1.54, 1.807) is 60.6 Å². The van der Waals surface area contributed by atoms with Crippen molar-refractivity contribution in [1.82, 2.24) is 35.0 Å². The van der Waals surface area contributed by atoms with Gasteiger partial charge in [-0.2, -0.15) is 14.7 Å². The van der Waals surface area contributed by atoms with Crippen LogP contribution < -0.4 is 26.2 Å². The number of benzene rings is 2. The molecular weight excluding hydrogens is 797 g/mol. The Balaban J connectivity index is 0.894. The van der Waals surface area contributed by atoms with E-state index in [1.165, 1.54) is 17.0 Å². The number of unbranched alkanes of at least 4 members (excludes halogenated alkanes) is 3. The molecule has 1 atom stereocenters. The first-order chi connectivity index (χ1) is 26.9. The molecule has 2 saturated heterocycles. The van der Waals surface area contributed by atoms with Gasteiger partial charge in [0.1, 0.15) is 17.2 Å². The SMILES string of the molecule is [C-]#[N+]c1ccc(N2C(=O)C(C)(C)N(c3ccc(C(=O)NCCCCCCn4cc(-c5cnn6c(N)c(Br)c([C@@H]7CCCNC7)nc56)cn4)c(F)c3)C2=S)cc1C. The maximum atomic E-state index is 15.4. The number of aryl methyl sites for hydroxylation is 2. The summed E-state index contributed by atoms with van der Waals surface area (Å²) in [6.07, 6.45) is 11.2. The lowest BCUT2D eigenvalue weighted by Gasteiger charge is -2.29. The zero-order valence-corrected chi connectivity index (χ0v) is 33.9. The summed E-state index contributed by atoms with van der Waals surface area (Å²) in [6.45, 7) is 15.6. The Morgan fingerprint density at radius 3 is 2.66 bits per heavy atom. The molecule has 2 aliphatic rings. The van der Waals surface area contributed by atoms with Crippen LogP contribution in [0.2, 0.25) is 0 Å². The number of hydrogen-bond donors (Lipinski definition) is 3. The second-order valence-electron chi connectivity index (χ2n) is 14.8. The van der Waals surface area contributed by atoms with Crippen LogP contribution in [-0.2, 0) is 11.3 Å². The van der Waals surface area contributed by atoms with Gasteiger partial charge in [0.25, 0.3) is 11.8 Å². The summed E-state index contributed by atoms with van der Waals surface area (Å²) >= 11 is 9.39. The molecule has 5 heterocycles. The minimum absolute atomic E-state index is 0.0846. The monoisotopic (exact) mass is 839 g/mol. The molecule has 290 valence electrons. The van der Waals surface area contributed by atoms with Crippen LogP contribution in [0.4, 0.5) is 27.3 Å². The number of nitrogens with one attached hydrogen (secondary N) is 2. The van der Waals surface area contributed by atoms with E-state index in [-0.39, 0.29) is 22.5 Å². The lowest BCUT2D eigenvalue weighted by Crippen LogP contribution is -2.44. The fourth-order valence-corrected chi connectivity index (χ4v) is 8.54. The maximum Gasteiger partial charge on any atom is 0.259 e. The lowest BCUT2D eigenvalue weighted by atomic mass is 9.96. The Bertz CT molecular complexity index is 2380. The third-order valence-corrected chi connectivity index (χ3v) is 11.7. The average molecular weight is 841 g/mol. The van der Waals surface area contributed by atoms with E-state index in [0.717, 1.165) is 85.0 Å². The normalized spacial score (nSPS) is 16.8. The average Bonchev–Trinajstić information content (AvgIpc) is 3.87. The van der Waals surface area contributed by atoms with E-state index in [0.29, 0.717) is 35.1 Å². The molecule has 3 aromatic heterocycles. The number of halogens is 2. The summed E-state index contributed by atoms with van der Waals surface area (Å²) in [4.78, 5) is 38.0. The molecule has 0 radical (unpaired) electrons. The van der Waals surface area contributed by atoms with Crippen molar-refractivity contribution < 1.29 is 14.0 Å². The third-order valence-electron chi connectivity index (χ3n) is 10.6. The number of piperidine rings is 1. The van der Waals surface area contributed by atoms with Crippen LogP contribution in [0.3, 0.4) is 0 Å². The maximum absolute atomic E-state index is 15.4. The summed E-state index contributed by atoms with van der Waals surface area (Å²) in [6, 6.07) is 9.32. The fourth-order valence-electron chi connectivity index (χ4n) is 7.43. The number of fused-ring (bicyclic) bond motifs is 1. The van der Waals surface area contributed by atoms with Crippen LogP contribution in [0.1, 0.15) is 79.9 Å². The first-order valence-electron chi connectivity index (χ1n) is 18.7. The number of rotatable bonds is 12. The van der Waals surface area contributed by atoms with Crippen molar-refractivity contribution in [3.05, 3.63) is 93.5 Å². The van der Waals surface area contributed by atoms with Gasteiger partial charge in [-0.1, -0.05) is 18.9 Å². The summed E-state index contributed by atoms with van der Waals surface area (Å²) in [5.74, 6) is -0.689. The van der Waals surface area contributed by atoms with Gasteiger partial charge in [-0.25, -0.2) is 14.2 Å². The van der Waals surface area contributed by atoms with Gasteiger partial charge in [-0.05, 0) is 117 Å². The van der Waals surface area contributed by atoms with Crippen molar-refractivity contribution >= 4 is 73.6 Å². The number of aromatic nitrogens is 5. The number of carbonyl (C=O) groups excluding carboxylic acids is 2. The molecule has 0 unspecified atom stereocenters. The first kappa shape index (κ1) is 39.0. The predicted molar refractivity (Wildman–Crippen MR) is 222 cm³/mol. The minimum atomic E-state index is -1.12. The molecule has 2 amide bonds. The summed E-state index contributed by atoms with van der Waals surface area (Å²) in [5.41, 5.74) is 10.8. The van der Waals surface area contributed by atoms with Crippen molar-refractivity contribution in [3.8, 4) is 11.1 Å². The zero-order chi connectivity index (χ0) is 39.7. The van der Waals surface area contributed by atoms with Gasteiger partial charge in [-0.15, -0.1) is 0 Å². The molecule has 2 aromatic carbocycles. The molecule has 2 fully saturated rings. The van der Waals surface area contributed by atoms with E-state index >= 15 is 4.39 Å². The predicted octanol–water partition coefficient (Wildman–Crippen LogP) is 7.31. The van der Waals surface area contributed by atoms with E-state index < -0.39 is 17.3 Å². The highest BCUT2D eigenvalue weighted by atomic mass is 79.9. The molecule has 7 rings (SSSR count). The van der Waals surface area contributed by atoms with Gasteiger partial charge in [-0.3, -0.25) is 19.2 Å². The molecule has 0 bridgehead atoms. The van der Waals surface area contributed by atoms with Crippen molar-refractivity contribution in [3.63, 3.8) is 0 Å². The summed E-state index contributed by atoms with van der Waals surface area (Å²) < 4.78 is 19.8. The molecular formula is C40H43BrFN11O2S. The number of amides is 2. The molecule has 0 spiro atoms. The number of thiocarbonyl (C=S) groups is 1. The van der Waals surface area contributed by atoms with E-state index in [4.69, 9.17) is 29.5 Å². The number of nitrogen functional groups attached to an aromatic ring is 1. The number of carbonyl (C=O) groups is 2. The molecule has 2 aliphatic heterocycles. The molecule has 5 aromatic rings. The second-order valence-corrected chi connectivity index (χ2v) is 15.9. The Labute approximate surface area is 338 Å². The van der Waals surface area contributed by atoms with Crippen molar-refractivity contribution in [2.45, 2.75) is 77.3 Å². The molecule has 16 heteroatoms. The van der Waals surface area contributed by atoms with Crippen LogP contribution in [0.5, 0.6) is 0 Å². The standard InChI is InChI=1S/C40H43BrFN11O2S/c1-24-18-27(12-14-32(24)44-4)51-38(55)40(2,3)52(39(51)56)28-11-13-29(31(42)19-28)37(54)46-16-7-5-6-8-17-50-23-26(21-47-50)30-22-48-53-35(43)33(41)34(49-36(30)53)25-10-9-15-45-20-25/h11-14,18-19,21-23,25,45H,5-10,15-17,20,43H2,1-3H3,(H,46,54)/t25-/m1/s1. The zero-order valence-electron chi connectivity index (χ0n) is 31.5. The lowest BCUT2D eigenvalue weighted by molar-refractivity contribution is -0.120. The smallest absolute Gasteiger partial charge is 0.259 e. The molecule has 0 aliphatic carbocycles. The highest BCUT2D eigenvalue weighted by Crippen LogP contribution is 2.39. The highest BCUT2D eigenvalue weighted by molar-refractivity contribution is 9.10. The van der Waals surface area contributed by atoms with Gasteiger partial charge in [0.2, 0.25) is 0 Å². The quantitative estimate of drug-likeness (QED) is 0.0670. The Morgan fingerprint density at radius 1 is 1.14 bits per heavy atom. The fraction of sp³-hybridized carbons (Fsp3) is 0.375. The third kappa shape index (κ3) is 7.38. The molecule has 0 saturated carbocycles. The van der Waals surface area contributed by atoms with Crippen molar-refractivity contribution in [1.29, 1.82) is 0 Å². The van der Waals surface area contributed by atoms with E-state index in [1.807, 2.05) is 17.1 Å². The number of nitrogens with two attached hydrogens (primary N) is 1. The first-order valence-corrected chi connectivity index (χ1v) is 19.9. The van der Waals surface area contributed by atoms with Gasteiger partial charge >= 0.3 is 0 Å². The van der Waals surface area contributed by atoms with Gasteiger partial charge in [0, 0.05) is 54.3 Å².